The molecule has 1 saturated heterocycles. The predicted octanol–water partition coefficient (Wildman–Crippen LogP) is 4.28. The highest BCUT2D eigenvalue weighted by Crippen LogP contribution is 2.29. The standard InChI is InChI=1S/C23H28O6/c1-17-19(16-28-23(2,29-17)22(24)25)9-6-14-26-20-10-12-21(13-11-20)27-15-18-7-4-3-5-8-18/h3-5,7-8,10-13,17,19H,6,9,14-16H2,1-2H3,(H,24,25). The molecule has 1 fully saturated rings. The van der Waals surface area contributed by atoms with E-state index >= 15 is 0 Å². The third-order valence-corrected chi connectivity index (χ3v) is 5.10. The molecule has 3 rings (SSSR count). The maximum absolute atomic E-state index is 11.2. The highest BCUT2D eigenvalue weighted by molar-refractivity contribution is 5.75. The summed E-state index contributed by atoms with van der Waals surface area (Å²) in [6, 6.07) is 17.6. The number of carboxylic acid groups (broad SMARTS) is 1. The number of hydrogen-bond donors (Lipinski definition) is 1. The van der Waals surface area contributed by atoms with Crippen LogP contribution in [0.5, 0.6) is 11.5 Å². The van der Waals surface area contributed by atoms with Crippen LogP contribution in [0.4, 0.5) is 0 Å². The first kappa shape index (κ1) is 21.1. The van der Waals surface area contributed by atoms with Crippen molar-refractivity contribution in [1.29, 1.82) is 0 Å². The maximum Gasteiger partial charge on any atom is 0.364 e. The lowest BCUT2D eigenvalue weighted by molar-refractivity contribution is -0.292. The van der Waals surface area contributed by atoms with E-state index in [1.54, 1.807) is 0 Å². The minimum absolute atomic E-state index is 0.153. The molecular weight excluding hydrogens is 372 g/mol. The molecule has 6 nitrogen and oxygen atoms in total. The van der Waals surface area contributed by atoms with Crippen LogP contribution in [-0.2, 0) is 20.9 Å². The van der Waals surface area contributed by atoms with Crippen molar-refractivity contribution in [3.63, 3.8) is 0 Å². The van der Waals surface area contributed by atoms with Gasteiger partial charge in [-0.1, -0.05) is 30.3 Å². The van der Waals surface area contributed by atoms with Crippen LogP contribution in [-0.4, -0.2) is 36.2 Å². The summed E-state index contributed by atoms with van der Waals surface area (Å²) < 4.78 is 22.5. The summed E-state index contributed by atoms with van der Waals surface area (Å²) in [6.45, 7) is 4.81. The van der Waals surface area contributed by atoms with Crippen LogP contribution in [0.15, 0.2) is 54.6 Å². The number of hydrogen-bond acceptors (Lipinski definition) is 5. The van der Waals surface area contributed by atoms with Gasteiger partial charge in [-0.3, -0.25) is 0 Å². The minimum Gasteiger partial charge on any atom is -0.494 e. The molecule has 1 heterocycles. The van der Waals surface area contributed by atoms with Crippen molar-refractivity contribution in [2.24, 2.45) is 5.92 Å². The largest absolute Gasteiger partial charge is 0.494 e. The Morgan fingerprint density at radius 1 is 1.10 bits per heavy atom. The molecule has 2 aromatic rings. The third-order valence-electron chi connectivity index (χ3n) is 5.10. The number of aliphatic carboxylic acids is 1. The molecule has 0 spiro atoms. The van der Waals surface area contributed by atoms with Crippen molar-refractivity contribution in [1.82, 2.24) is 0 Å². The Morgan fingerprint density at radius 3 is 2.38 bits per heavy atom. The Bertz CT molecular complexity index is 776. The van der Waals surface area contributed by atoms with Crippen molar-refractivity contribution >= 4 is 5.97 Å². The molecule has 0 bridgehead atoms. The van der Waals surface area contributed by atoms with E-state index in [2.05, 4.69) is 0 Å². The summed E-state index contributed by atoms with van der Waals surface area (Å²) in [5, 5.41) is 9.17. The zero-order valence-corrected chi connectivity index (χ0v) is 16.9. The average molecular weight is 400 g/mol. The van der Waals surface area contributed by atoms with E-state index < -0.39 is 11.8 Å². The number of carboxylic acids is 1. The van der Waals surface area contributed by atoms with Crippen molar-refractivity contribution < 1.29 is 28.8 Å². The lowest BCUT2D eigenvalue weighted by atomic mass is 9.97. The smallest absolute Gasteiger partial charge is 0.364 e. The summed E-state index contributed by atoms with van der Waals surface area (Å²) in [4.78, 5) is 11.2. The fourth-order valence-electron chi connectivity index (χ4n) is 3.23. The zero-order chi connectivity index (χ0) is 20.7. The Labute approximate surface area is 171 Å². The minimum atomic E-state index is -1.54. The van der Waals surface area contributed by atoms with Crippen molar-refractivity contribution in [2.75, 3.05) is 13.2 Å². The summed E-state index contributed by atoms with van der Waals surface area (Å²) >= 11 is 0. The summed E-state index contributed by atoms with van der Waals surface area (Å²) in [5.41, 5.74) is 1.13. The molecule has 0 radical (unpaired) electrons. The molecule has 0 amide bonds. The maximum atomic E-state index is 11.2. The van der Waals surface area contributed by atoms with Crippen LogP contribution in [0.25, 0.3) is 0 Å². The van der Waals surface area contributed by atoms with E-state index in [0.717, 1.165) is 29.9 Å². The van der Waals surface area contributed by atoms with Crippen molar-refractivity contribution in [2.45, 2.75) is 45.2 Å². The molecule has 1 N–H and O–H groups in total. The average Bonchev–Trinajstić information content (AvgIpc) is 2.72. The Hall–Kier alpha value is -2.57. The van der Waals surface area contributed by atoms with Gasteiger partial charge in [0.05, 0.1) is 19.3 Å². The number of rotatable bonds is 9. The highest BCUT2D eigenvalue weighted by atomic mass is 16.7. The molecular formula is C23H28O6. The van der Waals surface area contributed by atoms with Gasteiger partial charge < -0.3 is 24.1 Å². The van der Waals surface area contributed by atoms with E-state index in [1.807, 2.05) is 61.5 Å². The third kappa shape index (κ3) is 5.95. The normalized spacial score (nSPS) is 24.1. The second-order valence-electron chi connectivity index (χ2n) is 7.38. The van der Waals surface area contributed by atoms with E-state index in [1.165, 1.54) is 6.92 Å². The van der Waals surface area contributed by atoms with Gasteiger partial charge in [-0.15, -0.1) is 0 Å². The van der Waals surface area contributed by atoms with Crippen molar-refractivity contribution in [3.05, 3.63) is 60.2 Å². The fourth-order valence-corrected chi connectivity index (χ4v) is 3.23. The van der Waals surface area contributed by atoms with Gasteiger partial charge in [0, 0.05) is 12.8 Å². The van der Waals surface area contributed by atoms with Gasteiger partial charge in [-0.2, -0.15) is 0 Å². The SMILES string of the molecule is CC1OC(C)(C(=O)O)OCC1CCCOc1ccc(OCc2ccccc2)cc1. The number of carbonyl (C=O) groups is 1. The van der Waals surface area contributed by atoms with Gasteiger partial charge >= 0.3 is 5.97 Å². The molecule has 2 aromatic carbocycles. The van der Waals surface area contributed by atoms with Gasteiger partial charge in [0.15, 0.2) is 0 Å². The fraction of sp³-hybridized carbons (Fsp3) is 0.435. The van der Waals surface area contributed by atoms with Gasteiger partial charge in [0.1, 0.15) is 18.1 Å². The second kappa shape index (κ2) is 9.76. The second-order valence-corrected chi connectivity index (χ2v) is 7.38. The Kier molecular flexibility index (Phi) is 7.12. The van der Waals surface area contributed by atoms with Crippen LogP contribution in [0.1, 0.15) is 32.3 Å². The molecule has 1 aliphatic heterocycles. The molecule has 0 aliphatic carbocycles. The molecule has 3 atom stereocenters. The van der Waals surface area contributed by atoms with Crippen LogP contribution < -0.4 is 9.47 Å². The van der Waals surface area contributed by atoms with E-state index in [4.69, 9.17) is 18.9 Å². The van der Waals surface area contributed by atoms with Gasteiger partial charge in [-0.05, 0) is 49.6 Å². The van der Waals surface area contributed by atoms with Crippen molar-refractivity contribution in [3.8, 4) is 11.5 Å². The number of benzene rings is 2. The molecule has 0 aromatic heterocycles. The van der Waals surface area contributed by atoms with Crippen LogP contribution in [0.2, 0.25) is 0 Å². The van der Waals surface area contributed by atoms with E-state index in [9.17, 15) is 9.90 Å². The first-order valence-electron chi connectivity index (χ1n) is 9.91. The summed E-state index contributed by atoms with van der Waals surface area (Å²) in [7, 11) is 0. The molecule has 29 heavy (non-hydrogen) atoms. The quantitative estimate of drug-likeness (QED) is 0.634. The van der Waals surface area contributed by atoms with E-state index in [-0.39, 0.29) is 12.0 Å². The van der Waals surface area contributed by atoms with Gasteiger partial charge in [0.2, 0.25) is 0 Å². The molecule has 0 saturated carbocycles. The molecule has 3 unspecified atom stereocenters. The lowest BCUT2D eigenvalue weighted by Gasteiger charge is -2.39. The lowest BCUT2D eigenvalue weighted by Crippen LogP contribution is -2.51. The zero-order valence-electron chi connectivity index (χ0n) is 16.9. The molecule has 156 valence electrons. The molecule has 1 aliphatic rings. The first-order chi connectivity index (χ1) is 14.0. The summed E-state index contributed by atoms with van der Waals surface area (Å²) in [6.07, 6.45) is 1.50. The number of ether oxygens (including phenoxy) is 4. The molecule has 6 heteroatoms. The van der Waals surface area contributed by atoms with E-state index in [0.29, 0.717) is 19.8 Å². The van der Waals surface area contributed by atoms with Crippen LogP contribution >= 0.6 is 0 Å². The Balaban J connectivity index is 1.36. The van der Waals surface area contributed by atoms with Crippen LogP contribution in [0.3, 0.4) is 0 Å². The van der Waals surface area contributed by atoms with Gasteiger partial charge in [-0.25, -0.2) is 4.79 Å². The Morgan fingerprint density at radius 2 is 1.76 bits per heavy atom. The first-order valence-corrected chi connectivity index (χ1v) is 9.91. The predicted molar refractivity (Wildman–Crippen MR) is 108 cm³/mol. The summed E-state index contributed by atoms with van der Waals surface area (Å²) in [5.74, 6) is -0.897. The van der Waals surface area contributed by atoms with Gasteiger partial charge in [0.25, 0.3) is 5.79 Å². The highest BCUT2D eigenvalue weighted by Gasteiger charge is 2.43. The monoisotopic (exact) mass is 400 g/mol. The topological polar surface area (TPSA) is 74.2 Å². The van der Waals surface area contributed by atoms with Crippen LogP contribution in [0, 0.1) is 5.92 Å².